The first kappa shape index (κ1) is 14.8. The fraction of sp³-hybridized carbons (Fsp3) is 0.462. The van der Waals surface area contributed by atoms with Crippen molar-refractivity contribution in [3.05, 3.63) is 27.8 Å². The van der Waals surface area contributed by atoms with E-state index < -0.39 is 0 Å². The zero-order valence-corrected chi connectivity index (χ0v) is 11.7. The van der Waals surface area contributed by atoms with Crippen LogP contribution in [0.15, 0.2) is 6.07 Å². The van der Waals surface area contributed by atoms with Crippen LogP contribution >= 0.6 is 11.6 Å². The molecule has 0 aromatic heterocycles. The molecule has 1 aromatic carbocycles. The number of nitrogens with one attached hydrogen (secondary N) is 1. The van der Waals surface area contributed by atoms with E-state index >= 15 is 0 Å². The van der Waals surface area contributed by atoms with E-state index in [-0.39, 0.29) is 5.91 Å². The molecule has 0 unspecified atom stereocenters. The van der Waals surface area contributed by atoms with Gasteiger partial charge in [-0.05, 0) is 31.0 Å². The van der Waals surface area contributed by atoms with Crippen LogP contribution < -0.4 is 15.8 Å². The molecule has 1 amide bonds. The van der Waals surface area contributed by atoms with Crippen molar-refractivity contribution < 1.29 is 9.53 Å². The Kier molecular flexibility index (Phi) is 5.44. The molecule has 0 aliphatic rings. The summed E-state index contributed by atoms with van der Waals surface area (Å²) >= 11 is 6.20. The Morgan fingerprint density at radius 2 is 2.17 bits per heavy atom. The maximum Gasteiger partial charge on any atom is 0.221 e. The second-order valence-electron chi connectivity index (χ2n) is 4.13. The summed E-state index contributed by atoms with van der Waals surface area (Å²) in [5.74, 6) is 0.665. The number of carbonyl (C=O) groups is 1. The van der Waals surface area contributed by atoms with Gasteiger partial charge in [0.2, 0.25) is 5.91 Å². The summed E-state index contributed by atoms with van der Waals surface area (Å²) in [5, 5.41) is 3.51. The van der Waals surface area contributed by atoms with Crippen molar-refractivity contribution in [3.8, 4) is 5.75 Å². The number of nitrogens with two attached hydrogens (primary N) is 1. The average molecular weight is 271 g/mol. The lowest BCUT2D eigenvalue weighted by molar-refractivity contribution is -0.121. The van der Waals surface area contributed by atoms with E-state index in [0.29, 0.717) is 24.5 Å². The van der Waals surface area contributed by atoms with Crippen molar-refractivity contribution in [1.82, 2.24) is 5.32 Å². The highest BCUT2D eigenvalue weighted by molar-refractivity contribution is 6.32. The van der Waals surface area contributed by atoms with Crippen LogP contribution in [-0.2, 0) is 11.3 Å². The van der Waals surface area contributed by atoms with E-state index in [9.17, 15) is 4.79 Å². The van der Waals surface area contributed by atoms with Crippen molar-refractivity contribution in [1.29, 1.82) is 0 Å². The molecular weight excluding hydrogens is 252 g/mol. The van der Waals surface area contributed by atoms with E-state index in [1.807, 2.05) is 19.9 Å². The molecule has 0 heterocycles. The lowest BCUT2D eigenvalue weighted by atomic mass is 10.0. The third-order valence-electron chi connectivity index (χ3n) is 2.83. The molecule has 0 saturated carbocycles. The maximum atomic E-state index is 11.4. The van der Waals surface area contributed by atoms with Crippen molar-refractivity contribution in [2.45, 2.75) is 26.8 Å². The topological polar surface area (TPSA) is 64.3 Å². The number of rotatable bonds is 5. The largest absolute Gasteiger partial charge is 0.496 e. The Morgan fingerprint density at radius 1 is 1.50 bits per heavy atom. The predicted molar refractivity (Wildman–Crippen MR) is 73.0 cm³/mol. The summed E-state index contributed by atoms with van der Waals surface area (Å²) in [6.07, 6.45) is 0.320. The number of methoxy groups -OCH3 is 1. The summed E-state index contributed by atoms with van der Waals surface area (Å²) in [7, 11) is 1.60. The van der Waals surface area contributed by atoms with Gasteiger partial charge in [0.1, 0.15) is 5.75 Å². The van der Waals surface area contributed by atoms with Gasteiger partial charge in [0.05, 0.1) is 7.11 Å². The molecule has 0 radical (unpaired) electrons. The SMILES string of the molecule is COc1cc(C)c(Cl)c(C)c1CNC(=O)CCN. The first-order valence-corrected chi connectivity index (χ1v) is 6.18. The van der Waals surface area contributed by atoms with E-state index in [0.717, 1.165) is 22.4 Å². The van der Waals surface area contributed by atoms with Crippen LogP contribution in [0.1, 0.15) is 23.1 Å². The summed E-state index contributed by atoms with van der Waals surface area (Å²) in [5.41, 5.74) is 8.12. The number of amides is 1. The molecule has 0 aliphatic heterocycles. The lowest BCUT2D eigenvalue weighted by Crippen LogP contribution is -2.25. The summed E-state index contributed by atoms with van der Waals surface area (Å²) in [6.45, 7) is 4.58. The molecule has 4 nitrogen and oxygen atoms in total. The molecule has 0 saturated heterocycles. The maximum absolute atomic E-state index is 11.4. The van der Waals surface area contributed by atoms with Gasteiger partial charge in [0.15, 0.2) is 0 Å². The summed E-state index contributed by atoms with van der Waals surface area (Å²) in [6, 6.07) is 1.87. The van der Waals surface area contributed by atoms with Gasteiger partial charge in [-0.25, -0.2) is 0 Å². The standard InChI is InChI=1S/C13H19ClN2O2/c1-8-6-11(18-3)10(9(2)13(8)14)7-16-12(17)4-5-15/h6H,4-5,7,15H2,1-3H3,(H,16,17). The van der Waals surface area contributed by atoms with Crippen LogP contribution in [0.4, 0.5) is 0 Å². The number of hydrogen-bond donors (Lipinski definition) is 2. The number of ether oxygens (including phenoxy) is 1. The first-order valence-electron chi connectivity index (χ1n) is 5.80. The van der Waals surface area contributed by atoms with Gasteiger partial charge in [-0.15, -0.1) is 0 Å². The molecule has 3 N–H and O–H groups in total. The Labute approximate surface area is 112 Å². The Balaban J connectivity index is 2.93. The van der Waals surface area contributed by atoms with Crippen molar-refractivity contribution in [3.63, 3.8) is 0 Å². The normalized spacial score (nSPS) is 10.3. The number of aryl methyl sites for hydroxylation is 1. The lowest BCUT2D eigenvalue weighted by Gasteiger charge is -2.15. The third kappa shape index (κ3) is 3.37. The minimum atomic E-state index is -0.0735. The molecule has 1 aromatic rings. The first-order chi connectivity index (χ1) is 8.51. The van der Waals surface area contributed by atoms with Crippen molar-refractivity contribution in [2.24, 2.45) is 5.73 Å². The van der Waals surface area contributed by atoms with Gasteiger partial charge in [-0.1, -0.05) is 11.6 Å². The van der Waals surface area contributed by atoms with E-state index in [1.54, 1.807) is 7.11 Å². The molecule has 0 fully saturated rings. The molecule has 0 atom stereocenters. The van der Waals surface area contributed by atoms with Gasteiger partial charge in [-0.2, -0.15) is 0 Å². The van der Waals surface area contributed by atoms with Gasteiger partial charge >= 0.3 is 0 Å². The van der Waals surface area contributed by atoms with Crippen LogP contribution in [0, 0.1) is 13.8 Å². The third-order valence-corrected chi connectivity index (χ3v) is 3.41. The quantitative estimate of drug-likeness (QED) is 0.859. The van der Waals surface area contributed by atoms with Crippen LogP contribution in [0.2, 0.25) is 5.02 Å². The number of benzene rings is 1. The summed E-state index contributed by atoms with van der Waals surface area (Å²) < 4.78 is 5.32. The van der Waals surface area contributed by atoms with Crippen LogP contribution in [0.5, 0.6) is 5.75 Å². The fourth-order valence-corrected chi connectivity index (χ4v) is 1.94. The minimum absolute atomic E-state index is 0.0735. The van der Waals surface area contributed by atoms with E-state index in [1.165, 1.54) is 0 Å². The zero-order valence-electron chi connectivity index (χ0n) is 11.0. The van der Waals surface area contributed by atoms with Gasteiger partial charge in [0.25, 0.3) is 0 Å². The molecule has 0 bridgehead atoms. The molecule has 0 spiro atoms. The predicted octanol–water partition coefficient (Wildman–Crippen LogP) is 1.93. The highest BCUT2D eigenvalue weighted by Crippen LogP contribution is 2.31. The van der Waals surface area contributed by atoms with Crippen LogP contribution in [0.25, 0.3) is 0 Å². The van der Waals surface area contributed by atoms with Crippen LogP contribution in [-0.4, -0.2) is 19.6 Å². The summed E-state index contributed by atoms with van der Waals surface area (Å²) in [4.78, 5) is 11.4. The molecule has 0 aliphatic carbocycles. The zero-order chi connectivity index (χ0) is 13.7. The average Bonchev–Trinajstić information content (AvgIpc) is 2.34. The number of carbonyl (C=O) groups excluding carboxylic acids is 1. The second kappa shape index (κ2) is 6.61. The molecular formula is C13H19ClN2O2. The van der Waals surface area contributed by atoms with E-state index in [4.69, 9.17) is 22.1 Å². The van der Waals surface area contributed by atoms with Gasteiger partial charge in [-0.3, -0.25) is 4.79 Å². The molecule has 100 valence electrons. The Hall–Kier alpha value is -1.26. The second-order valence-corrected chi connectivity index (χ2v) is 4.51. The van der Waals surface area contributed by atoms with Gasteiger partial charge in [0, 0.05) is 30.1 Å². The smallest absolute Gasteiger partial charge is 0.221 e. The van der Waals surface area contributed by atoms with Gasteiger partial charge < -0.3 is 15.8 Å². The minimum Gasteiger partial charge on any atom is -0.496 e. The highest BCUT2D eigenvalue weighted by Gasteiger charge is 2.13. The fourth-order valence-electron chi connectivity index (χ4n) is 1.77. The number of halogens is 1. The monoisotopic (exact) mass is 270 g/mol. The number of hydrogen-bond acceptors (Lipinski definition) is 3. The highest BCUT2D eigenvalue weighted by atomic mass is 35.5. The Bertz CT molecular complexity index is 447. The Morgan fingerprint density at radius 3 is 2.72 bits per heavy atom. The molecule has 5 heteroatoms. The van der Waals surface area contributed by atoms with E-state index in [2.05, 4.69) is 5.32 Å². The molecule has 1 rings (SSSR count). The van der Waals surface area contributed by atoms with Crippen LogP contribution in [0.3, 0.4) is 0 Å². The molecule has 18 heavy (non-hydrogen) atoms. The van der Waals surface area contributed by atoms with Crippen molar-refractivity contribution in [2.75, 3.05) is 13.7 Å². The van der Waals surface area contributed by atoms with Crippen molar-refractivity contribution >= 4 is 17.5 Å².